The molecule has 1 aromatic rings. The standard InChI is InChI=1S/C18H30N2/c1-2-8-15-11-13-17(14-12-15)18(20-19)16-9-6-4-3-5-7-10-16/h11-14,16,18,20H,2-10,19H2,1H3. The molecule has 0 aromatic heterocycles. The van der Waals surface area contributed by atoms with Gasteiger partial charge in [-0.15, -0.1) is 0 Å². The monoisotopic (exact) mass is 274 g/mol. The lowest BCUT2D eigenvalue weighted by Crippen LogP contribution is -2.34. The maximum Gasteiger partial charge on any atom is 0.0488 e. The van der Waals surface area contributed by atoms with E-state index in [1.165, 1.54) is 68.9 Å². The van der Waals surface area contributed by atoms with Gasteiger partial charge in [-0.2, -0.15) is 0 Å². The molecule has 0 bridgehead atoms. The first-order valence-corrected chi connectivity index (χ1v) is 8.40. The maximum atomic E-state index is 5.87. The molecule has 0 radical (unpaired) electrons. The predicted molar refractivity (Wildman–Crippen MR) is 86.3 cm³/mol. The lowest BCUT2D eigenvalue weighted by Gasteiger charge is -2.28. The van der Waals surface area contributed by atoms with Crippen molar-refractivity contribution < 1.29 is 0 Å². The van der Waals surface area contributed by atoms with Gasteiger partial charge < -0.3 is 0 Å². The Hall–Kier alpha value is -0.860. The summed E-state index contributed by atoms with van der Waals surface area (Å²) in [5.41, 5.74) is 5.88. The van der Waals surface area contributed by atoms with Crippen LogP contribution in [0.5, 0.6) is 0 Å². The lowest BCUT2D eigenvalue weighted by molar-refractivity contribution is 0.290. The second kappa shape index (κ2) is 8.43. The molecule has 0 heterocycles. The second-order valence-electron chi connectivity index (χ2n) is 6.24. The highest BCUT2D eigenvalue weighted by atomic mass is 15.2. The fourth-order valence-electron chi connectivity index (χ4n) is 3.51. The number of hydrogen-bond acceptors (Lipinski definition) is 2. The summed E-state index contributed by atoms with van der Waals surface area (Å²) in [4.78, 5) is 0. The van der Waals surface area contributed by atoms with E-state index in [4.69, 9.17) is 5.84 Å². The summed E-state index contributed by atoms with van der Waals surface area (Å²) in [7, 11) is 0. The average molecular weight is 274 g/mol. The Labute approximate surface area is 124 Å². The number of nitrogens with two attached hydrogens (primary N) is 1. The van der Waals surface area contributed by atoms with Crippen LogP contribution in [0, 0.1) is 5.92 Å². The third kappa shape index (κ3) is 4.32. The minimum absolute atomic E-state index is 0.323. The molecule has 0 saturated heterocycles. The van der Waals surface area contributed by atoms with Crippen molar-refractivity contribution in [3.8, 4) is 0 Å². The van der Waals surface area contributed by atoms with Gasteiger partial charge in [0.2, 0.25) is 0 Å². The van der Waals surface area contributed by atoms with Crippen LogP contribution in [0.25, 0.3) is 0 Å². The largest absolute Gasteiger partial charge is 0.271 e. The van der Waals surface area contributed by atoms with Crippen molar-refractivity contribution in [3.63, 3.8) is 0 Å². The molecular weight excluding hydrogens is 244 g/mol. The van der Waals surface area contributed by atoms with Gasteiger partial charge >= 0.3 is 0 Å². The summed E-state index contributed by atoms with van der Waals surface area (Å²) in [5, 5.41) is 0. The summed E-state index contributed by atoms with van der Waals surface area (Å²) < 4.78 is 0. The van der Waals surface area contributed by atoms with Crippen LogP contribution in [0.1, 0.15) is 75.5 Å². The molecule has 1 aromatic carbocycles. The van der Waals surface area contributed by atoms with E-state index in [2.05, 4.69) is 36.6 Å². The molecule has 1 saturated carbocycles. The van der Waals surface area contributed by atoms with Gasteiger partial charge in [0.1, 0.15) is 0 Å². The maximum absolute atomic E-state index is 5.87. The molecule has 1 atom stereocenters. The SMILES string of the molecule is CCCc1ccc(C(NN)C2CCCCCCC2)cc1. The summed E-state index contributed by atoms with van der Waals surface area (Å²) in [6.45, 7) is 2.23. The zero-order valence-electron chi connectivity index (χ0n) is 12.9. The molecule has 2 heteroatoms. The van der Waals surface area contributed by atoms with Gasteiger partial charge in [-0.3, -0.25) is 11.3 Å². The lowest BCUT2D eigenvalue weighted by atomic mass is 9.83. The van der Waals surface area contributed by atoms with E-state index in [1.54, 1.807) is 0 Å². The topological polar surface area (TPSA) is 38.0 Å². The van der Waals surface area contributed by atoms with Crippen LogP contribution in [0.2, 0.25) is 0 Å². The van der Waals surface area contributed by atoms with Crippen molar-refractivity contribution in [1.29, 1.82) is 0 Å². The minimum atomic E-state index is 0.323. The van der Waals surface area contributed by atoms with Crippen LogP contribution in [-0.2, 0) is 6.42 Å². The first-order valence-electron chi connectivity index (χ1n) is 8.40. The highest BCUT2D eigenvalue weighted by Crippen LogP contribution is 2.32. The number of nitrogens with one attached hydrogen (secondary N) is 1. The molecule has 0 amide bonds. The first kappa shape index (κ1) is 15.5. The number of aryl methyl sites for hydroxylation is 1. The highest BCUT2D eigenvalue weighted by Gasteiger charge is 2.22. The van der Waals surface area contributed by atoms with Crippen LogP contribution in [0.4, 0.5) is 0 Å². The van der Waals surface area contributed by atoms with Gasteiger partial charge in [0, 0.05) is 6.04 Å². The van der Waals surface area contributed by atoms with Crippen molar-refractivity contribution in [2.24, 2.45) is 11.8 Å². The smallest absolute Gasteiger partial charge is 0.0488 e. The van der Waals surface area contributed by atoms with Crippen LogP contribution >= 0.6 is 0 Å². The van der Waals surface area contributed by atoms with E-state index in [9.17, 15) is 0 Å². The molecule has 20 heavy (non-hydrogen) atoms. The number of hydrogen-bond donors (Lipinski definition) is 2. The number of hydrazine groups is 1. The molecular formula is C18H30N2. The van der Waals surface area contributed by atoms with Crippen molar-refractivity contribution >= 4 is 0 Å². The highest BCUT2D eigenvalue weighted by molar-refractivity contribution is 5.25. The Kier molecular flexibility index (Phi) is 6.55. The molecule has 3 N–H and O–H groups in total. The minimum Gasteiger partial charge on any atom is -0.271 e. The molecule has 112 valence electrons. The third-order valence-electron chi connectivity index (χ3n) is 4.68. The molecule has 0 spiro atoms. The van der Waals surface area contributed by atoms with Crippen LogP contribution in [0.3, 0.4) is 0 Å². The van der Waals surface area contributed by atoms with Gasteiger partial charge in [-0.25, -0.2) is 0 Å². The molecule has 0 aliphatic heterocycles. The predicted octanol–water partition coefficient (Wildman–Crippen LogP) is 4.50. The Morgan fingerprint density at radius 3 is 2.20 bits per heavy atom. The average Bonchev–Trinajstić information content (AvgIpc) is 2.43. The van der Waals surface area contributed by atoms with Gasteiger partial charge in [0.25, 0.3) is 0 Å². The zero-order chi connectivity index (χ0) is 14.2. The molecule has 1 fully saturated rings. The van der Waals surface area contributed by atoms with Crippen molar-refractivity contribution in [2.45, 2.75) is 70.8 Å². The van der Waals surface area contributed by atoms with Crippen LogP contribution in [0.15, 0.2) is 24.3 Å². The van der Waals surface area contributed by atoms with Gasteiger partial charge in [-0.05, 0) is 36.3 Å². The van der Waals surface area contributed by atoms with E-state index in [0.717, 1.165) is 0 Å². The second-order valence-corrected chi connectivity index (χ2v) is 6.24. The Morgan fingerprint density at radius 2 is 1.65 bits per heavy atom. The van der Waals surface area contributed by atoms with E-state index in [-0.39, 0.29) is 0 Å². The molecule has 2 rings (SSSR count). The third-order valence-corrected chi connectivity index (χ3v) is 4.68. The van der Waals surface area contributed by atoms with Crippen LogP contribution in [-0.4, -0.2) is 0 Å². The van der Waals surface area contributed by atoms with Crippen molar-refractivity contribution in [2.75, 3.05) is 0 Å². The molecule has 1 aliphatic carbocycles. The van der Waals surface area contributed by atoms with Gasteiger partial charge in [0.05, 0.1) is 0 Å². The van der Waals surface area contributed by atoms with E-state index in [0.29, 0.717) is 12.0 Å². The first-order chi connectivity index (χ1) is 9.85. The van der Waals surface area contributed by atoms with Crippen LogP contribution < -0.4 is 11.3 Å². The van der Waals surface area contributed by atoms with Gasteiger partial charge in [0.15, 0.2) is 0 Å². The normalized spacial score (nSPS) is 19.3. The van der Waals surface area contributed by atoms with Crippen molar-refractivity contribution in [3.05, 3.63) is 35.4 Å². The Balaban J connectivity index is 2.05. The summed E-state index contributed by atoms with van der Waals surface area (Å²) in [6.07, 6.45) is 11.9. The summed E-state index contributed by atoms with van der Waals surface area (Å²) in [5.74, 6) is 6.56. The summed E-state index contributed by atoms with van der Waals surface area (Å²) >= 11 is 0. The fraction of sp³-hybridized carbons (Fsp3) is 0.667. The van der Waals surface area contributed by atoms with E-state index >= 15 is 0 Å². The molecule has 1 aliphatic rings. The molecule has 1 unspecified atom stereocenters. The van der Waals surface area contributed by atoms with E-state index in [1.807, 2.05) is 0 Å². The van der Waals surface area contributed by atoms with Gasteiger partial charge in [-0.1, -0.05) is 69.7 Å². The Bertz CT molecular complexity index is 364. The van der Waals surface area contributed by atoms with E-state index < -0.39 is 0 Å². The number of benzene rings is 1. The van der Waals surface area contributed by atoms with Crippen molar-refractivity contribution in [1.82, 2.24) is 5.43 Å². The number of rotatable bonds is 5. The Morgan fingerprint density at radius 1 is 1.05 bits per heavy atom. The fourth-order valence-corrected chi connectivity index (χ4v) is 3.51. The quantitative estimate of drug-likeness (QED) is 0.612. The zero-order valence-corrected chi connectivity index (χ0v) is 12.9. The summed E-state index contributed by atoms with van der Waals surface area (Å²) in [6, 6.07) is 9.41. The molecule has 2 nitrogen and oxygen atoms in total.